The number of thiophene rings is 1. The van der Waals surface area contributed by atoms with E-state index in [-0.39, 0.29) is 30.4 Å². The molecule has 4 nitrogen and oxygen atoms in total. The van der Waals surface area contributed by atoms with Gasteiger partial charge in [-0.15, -0.1) is 11.3 Å². The zero-order chi connectivity index (χ0) is 24.1. The lowest BCUT2D eigenvalue weighted by atomic mass is 9.93. The number of nitrogens with zero attached hydrogens (tertiary/aromatic N) is 2. The van der Waals surface area contributed by atoms with Gasteiger partial charge >= 0.3 is 0 Å². The molecule has 0 saturated heterocycles. The zero-order valence-corrected chi connectivity index (χ0v) is 21.1. The zero-order valence-electron chi connectivity index (χ0n) is 19.5. The molecule has 0 fully saturated rings. The molecule has 2 heterocycles. The molecule has 0 saturated carbocycles. The van der Waals surface area contributed by atoms with Crippen molar-refractivity contribution >= 4 is 40.8 Å². The van der Waals surface area contributed by atoms with Crippen molar-refractivity contribution in [3.8, 4) is 0 Å². The Labute approximate surface area is 210 Å². The van der Waals surface area contributed by atoms with Gasteiger partial charge in [0.25, 0.3) is 0 Å². The topological polar surface area (TPSA) is 40.6 Å². The van der Waals surface area contributed by atoms with Crippen molar-refractivity contribution in [2.75, 3.05) is 13.1 Å². The molecule has 3 aromatic rings. The first-order valence-corrected chi connectivity index (χ1v) is 12.9. The first-order valence-electron chi connectivity index (χ1n) is 11.6. The Morgan fingerprint density at radius 2 is 1.88 bits per heavy atom. The van der Waals surface area contributed by atoms with E-state index in [1.54, 1.807) is 28.4 Å². The van der Waals surface area contributed by atoms with E-state index in [0.717, 1.165) is 29.5 Å². The Morgan fingerprint density at radius 1 is 1.15 bits per heavy atom. The van der Waals surface area contributed by atoms with Crippen molar-refractivity contribution < 1.29 is 9.59 Å². The van der Waals surface area contributed by atoms with Crippen LogP contribution in [0.25, 0.3) is 6.08 Å². The summed E-state index contributed by atoms with van der Waals surface area (Å²) in [5, 5.41) is 2.76. The molecular formula is C28H29ClN2O2S. The Bertz CT molecular complexity index is 1160. The number of fused-ring (bicyclic) bond motifs is 1. The predicted octanol–water partition coefficient (Wildman–Crippen LogP) is 6.22. The third kappa shape index (κ3) is 5.43. The fraction of sp³-hybridized carbons (Fsp3) is 0.286. The Morgan fingerprint density at radius 3 is 2.59 bits per heavy atom. The Hall–Kier alpha value is -2.89. The molecule has 2 unspecified atom stereocenters. The lowest BCUT2D eigenvalue weighted by Crippen LogP contribution is -2.48. The van der Waals surface area contributed by atoms with Gasteiger partial charge in [-0.1, -0.05) is 61.0 Å². The maximum Gasteiger partial charge on any atom is 0.247 e. The van der Waals surface area contributed by atoms with Crippen molar-refractivity contribution in [1.29, 1.82) is 0 Å². The highest BCUT2D eigenvalue weighted by Gasteiger charge is 2.34. The van der Waals surface area contributed by atoms with Gasteiger partial charge in [-0.25, -0.2) is 0 Å². The summed E-state index contributed by atoms with van der Waals surface area (Å²) in [6.07, 6.45) is 4.97. The minimum Gasteiger partial charge on any atom is -0.330 e. The quantitative estimate of drug-likeness (QED) is 0.367. The second-order valence-electron chi connectivity index (χ2n) is 8.56. The van der Waals surface area contributed by atoms with Crippen LogP contribution < -0.4 is 0 Å². The van der Waals surface area contributed by atoms with E-state index in [1.807, 2.05) is 73.3 Å². The van der Waals surface area contributed by atoms with Crippen LogP contribution >= 0.6 is 22.9 Å². The molecule has 0 radical (unpaired) electrons. The van der Waals surface area contributed by atoms with Crippen LogP contribution in [0.4, 0.5) is 0 Å². The summed E-state index contributed by atoms with van der Waals surface area (Å²) in [6.45, 7) is 4.70. The van der Waals surface area contributed by atoms with Crippen LogP contribution in [0.15, 0.2) is 72.1 Å². The van der Waals surface area contributed by atoms with Crippen LogP contribution in [-0.4, -0.2) is 40.7 Å². The van der Waals surface area contributed by atoms with Crippen molar-refractivity contribution in [3.05, 3.63) is 98.7 Å². The van der Waals surface area contributed by atoms with Gasteiger partial charge in [-0.05, 0) is 66.1 Å². The second kappa shape index (κ2) is 11.0. The third-order valence-electron chi connectivity index (χ3n) is 6.40. The number of hydrogen-bond donors (Lipinski definition) is 0. The van der Waals surface area contributed by atoms with E-state index in [1.165, 1.54) is 4.88 Å². The average Bonchev–Trinajstić information content (AvgIpc) is 3.35. The molecule has 6 heteroatoms. The highest BCUT2D eigenvalue weighted by Crippen LogP contribution is 2.38. The molecule has 34 heavy (non-hydrogen) atoms. The molecule has 2 atom stereocenters. The lowest BCUT2D eigenvalue weighted by Gasteiger charge is -2.38. The van der Waals surface area contributed by atoms with Crippen LogP contribution in [-0.2, 0) is 16.0 Å². The molecule has 2 aromatic carbocycles. The van der Waals surface area contributed by atoms with Crippen LogP contribution in [0.1, 0.15) is 47.9 Å². The first-order chi connectivity index (χ1) is 16.5. The molecule has 0 spiro atoms. The Balaban J connectivity index is 1.58. The van der Waals surface area contributed by atoms with Crippen LogP contribution in [0, 0.1) is 0 Å². The molecular weight excluding hydrogens is 464 g/mol. The number of carbonyl (C=O) groups excluding carboxylic acids is 2. The van der Waals surface area contributed by atoms with Gasteiger partial charge < -0.3 is 9.80 Å². The monoisotopic (exact) mass is 492 g/mol. The van der Waals surface area contributed by atoms with E-state index in [4.69, 9.17) is 11.6 Å². The molecule has 1 aromatic heterocycles. The maximum atomic E-state index is 13.7. The standard InChI is InChI=1S/C28H29ClN2O2S/c1-3-20(2)31(26(32)14-9-21-7-5-4-6-8-21)19-27(33)30-17-15-25-24(16-18-34-25)28(30)22-10-12-23(29)13-11-22/h4-14,16,18,20,28H,3,15,17,19H2,1-2H3/b14-9+. The number of amides is 2. The number of carbonyl (C=O) groups is 2. The summed E-state index contributed by atoms with van der Waals surface area (Å²) in [4.78, 5) is 31.7. The van der Waals surface area contributed by atoms with Gasteiger partial charge in [0.1, 0.15) is 6.54 Å². The Kier molecular flexibility index (Phi) is 7.86. The first kappa shape index (κ1) is 24.2. The van der Waals surface area contributed by atoms with Crippen molar-refractivity contribution in [1.82, 2.24) is 9.80 Å². The summed E-state index contributed by atoms with van der Waals surface area (Å²) in [7, 11) is 0. The largest absolute Gasteiger partial charge is 0.330 e. The van der Waals surface area contributed by atoms with Gasteiger partial charge in [0.15, 0.2) is 0 Å². The SMILES string of the molecule is CCC(C)N(CC(=O)N1CCc2sccc2C1c1ccc(Cl)cc1)C(=O)/C=C/c1ccccc1. The summed E-state index contributed by atoms with van der Waals surface area (Å²) >= 11 is 7.86. The van der Waals surface area contributed by atoms with Crippen LogP contribution in [0.3, 0.4) is 0 Å². The molecule has 2 amide bonds. The molecule has 0 bridgehead atoms. The van der Waals surface area contributed by atoms with Gasteiger partial charge in [0.05, 0.1) is 6.04 Å². The maximum absolute atomic E-state index is 13.7. The smallest absolute Gasteiger partial charge is 0.247 e. The fourth-order valence-electron chi connectivity index (χ4n) is 4.32. The number of rotatable bonds is 7. The molecule has 0 N–H and O–H groups in total. The third-order valence-corrected chi connectivity index (χ3v) is 7.65. The molecule has 1 aliphatic rings. The summed E-state index contributed by atoms with van der Waals surface area (Å²) in [5.74, 6) is -0.193. The van der Waals surface area contributed by atoms with E-state index >= 15 is 0 Å². The van der Waals surface area contributed by atoms with E-state index in [2.05, 4.69) is 11.4 Å². The van der Waals surface area contributed by atoms with E-state index < -0.39 is 0 Å². The van der Waals surface area contributed by atoms with Gasteiger partial charge in [0.2, 0.25) is 11.8 Å². The summed E-state index contributed by atoms with van der Waals surface area (Å²) in [5.41, 5.74) is 3.15. The van der Waals surface area contributed by atoms with Gasteiger partial charge in [-0.2, -0.15) is 0 Å². The normalized spacial score (nSPS) is 16.3. The number of halogens is 1. The minimum absolute atomic E-state index is 0.0430. The average molecular weight is 493 g/mol. The van der Waals surface area contributed by atoms with Gasteiger partial charge in [0, 0.05) is 28.6 Å². The van der Waals surface area contributed by atoms with Crippen molar-refractivity contribution in [2.24, 2.45) is 0 Å². The molecule has 1 aliphatic heterocycles. The minimum atomic E-state index is -0.173. The molecule has 176 valence electrons. The second-order valence-corrected chi connectivity index (χ2v) is 9.99. The van der Waals surface area contributed by atoms with Crippen LogP contribution in [0.5, 0.6) is 0 Å². The summed E-state index contributed by atoms with van der Waals surface area (Å²) < 4.78 is 0. The van der Waals surface area contributed by atoms with Crippen molar-refractivity contribution in [3.63, 3.8) is 0 Å². The van der Waals surface area contributed by atoms with E-state index in [9.17, 15) is 9.59 Å². The molecule has 4 rings (SSSR count). The number of benzene rings is 2. The fourth-order valence-corrected chi connectivity index (χ4v) is 5.35. The highest BCUT2D eigenvalue weighted by atomic mass is 35.5. The number of hydrogen-bond acceptors (Lipinski definition) is 3. The lowest BCUT2D eigenvalue weighted by molar-refractivity contribution is -0.141. The molecule has 0 aliphatic carbocycles. The van der Waals surface area contributed by atoms with Crippen molar-refractivity contribution in [2.45, 2.75) is 38.8 Å². The van der Waals surface area contributed by atoms with Crippen LogP contribution in [0.2, 0.25) is 5.02 Å². The predicted molar refractivity (Wildman–Crippen MR) is 140 cm³/mol. The van der Waals surface area contributed by atoms with Gasteiger partial charge in [-0.3, -0.25) is 9.59 Å². The highest BCUT2D eigenvalue weighted by molar-refractivity contribution is 7.10. The summed E-state index contributed by atoms with van der Waals surface area (Å²) in [6, 6.07) is 19.3. The van der Waals surface area contributed by atoms with E-state index in [0.29, 0.717) is 11.6 Å².